The van der Waals surface area contributed by atoms with Gasteiger partial charge in [-0.15, -0.1) is 0 Å². The monoisotopic (exact) mass is 267 g/mol. The molecule has 0 atom stereocenters. The third-order valence-electron chi connectivity index (χ3n) is 3.42. The van der Waals surface area contributed by atoms with Crippen LogP contribution in [0.4, 0.5) is 5.69 Å². The van der Waals surface area contributed by atoms with Gasteiger partial charge in [-0.05, 0) is 23.8 Å². The zero-order valence-electron chi connectivity index (χ0n) is 11.3. The summed E-state index contributed by atoms with van der Waals surface area (Å²) in [5.74, 6) is 0.128. The third kappa shape index (κ3) is 1.97. The zero-order valence-corrected chi connectivity index (χ0v) is 11.3. The van der Waals surface area contributed by atoms with Crippen molar-refractivity contribution in [2.45, 2.75) is 13.3 Å². The van der Waals surface area contributed by atoms with Gasteiger partial charge in [0.1, 0.15) is 0 Å². The number of Topliss-reactive ketones (excluding diaryl/α,β-unsaturated/α-hetero) is 1. The van der Waals surface area contributed by atoms with Crippen LogP contribution in [0.5, 0.6) is 0 Å². The molecule has 2 aromatic rings. The van der Waals surface area contributed by atoms with Gasteiger partial charge in [0.15, 0.2) is 11.6 Å². The maximum absolute atomic E-state index is 11.7. The summed E-state index contributed by atoms with van der Waals surface area (Å²) in [5, 5.41) is 0. The Morgan fingerprint density at radius 3 is 2.85 bits per heavy atom. The van der Waals surface area contributed by atoms with Gasteiger partial charge >= 0.3 is 0 Å². The number of hydrogen-bond donors (Lipinski definition) is 0. The van der Waals surface area contributed by atoms with Crippen LogP contribution in [0, 0.1) is 0 Å². The first-order valence-electron chi connectivity index (χ1n) is 6.30. The van der Waals surface area contributed by atoms with Crippen LogP contribution >= 0.6 is 0 Å². The summed E-state index contributed by atoms with van der Waals surface area (Å²) in [6.45, 7) is 1.44. The molecule has 0 radical (unpaired) electrons. The minimum absolute atomic E-state index is 0.0873. The minimum atomic E-state index is -0.164. The van der Waals surface area contributed by atoms with Crippen LogP contribution in [-0.4, -0.2) is 28.7 Å². The Hall–Kier alpha value is -2.56. The zero-order chi connectivity index (χ0) is 14.3. The molecule has 0 fully saturated rings. The largest absolute Gasteiger partial charge is 0.315 e. The van der Waals surface area contributed by atoms with Crippen LogP contribution < -0.4 is 4.90 Å². The van der Waals surface area contributed by atoms with Crippen molar-refractivity contribution in [1.82, 2.24) is 9.97 Å². The third-order valence-corrected chi connectivity index (χ3v) is 3.42. The van der Waals surface area contributed by atoms with Gasteiger partial charge in [0.2, 0.25) is 5.91 Å². The Morgan fingerprint density at radius 2 is 2.10 bits per heavy atom. The lowest BCUT2D eigenvalue weighted by Gasteiger charge is -2.10. The molecule has 20 heavy (non-hydrogen) atoms. The molecular weight excluding hydrogens is 254 g/mol. The first kappa shape index (κ1) is 12.5. The maximum atomic E-state index is 11.7. The Morgan fingerprint density at radius 1 is 1.30 bits per heavy atom. The maximum Gasteiger partial charge on any atom is 0.231 e. The van der Waals surface area contributed by atoms with Gasteiger partial charge in [-0.2, -0.15) is 0 Å². The highest BCUT2D eigenvalue weighted by atomic mass is 16.2. The summed E-state index contributed by atoms with van der Waals surface area (Å²) >= 11 is 0. The van der Waals surface area contributed by atoms with Crippen molar-refractivity contribution in [2.24, 2.45) is 0 Å². The molecule has 0 N–H and O–H groups in total. The predicted molar refractivity (Wildman–Crippen MR) is 74.6 cm³/mol. The standard InChI is InChI=1S/C15H13N3O2/c1-9(19)15-16-6-5-12(17-15)10-3-4-13-11(7-10)8-14(20)18(13)2/h3-7H,8H2,1-2H3. The number of likely N-dealkylation sites (N-methyl/N-ethyl adjacent to an activating group) is 1. The van der Waals surface area contributed by atoms with Gasteiger partial charge in [-0.1, -0.05) is 6.07 Å². The summed E-state index contributed by atoms with van der Waals surface area (Å²) in [7, 11) is 1.77. The second-order valence-corrected chi connectivity index (χ2v) is 4.79. The molecule has 100 valence electrons. The van der Waals surface area contributed by atoms with Crippen LogP contribution in [-0.2, 0) is 11.2 Å². The first-order chi connectivity index (χ1) is 9.56. The summed E-state index contributed by atoms with van der Waals surface area (Å²) in [5.41, 5.74) is 3.49. The molecule has 0 bridgehead atoms. The lowest BCUT2D eigenvalue weighted by molar-refractivity contribution is -0.117. The van der Waals surface area contributed by atoms with Crippen LogP contribution in [0.2, 0.25) is 0 Å². The molecule has 3 rings (SSSR count). The molecule has 5 nitrogen and oxygen atoms in total. The molecule has 0 spiro atoms. The van der Waals surface area contributed by atoms with Gasteiger partial charge in [0.05, 0.1) is 12.1 Å². The molecule has 0 unspecified atom stereocenters. The second kappa shape index (κ2) is 4.52. The highest BCUT2D eigenvalue weighted by molar-refractivity contribution is 6.01. The minimum Gasteiger partial charge on any atom is -0.315 e. The van der Waals surface area contributed by atoms with E-state index in [9.17, 15) is 9.59 Å². The van der Waals surface area contributed by atoms with Gasteiger partial charge in [-0.3, -0.25) is 9.59 Å². The Labute approximate surface area is 116 Å². The van der Waals surface area contributed by atoms with Crippen molar-refractivity contribution in [1.29, 1.82) is 0 Å². The molecule has 0 aliphatic carbocycles. The Kier molecular flexibility index (Phi) is 2.82. The van der Waals surface area contributed by atoms with E-state index in [1.807, 2.05) is 18.2 Å². The van der Waals surface area contributed by atoms with E-state index in [4.69, 9.17) is 0 Å². The number of benzene rings is 1. The number of carbonyl (C=O) groups excluding carboxylic acids is 2. The van der Waals surface area contributed by atoms with Gasteiger partial charge in [0, 0.05) is 31.4 Å². The molecule has 0 saturated carbocycles. The summed E-state index contributed by atoms with van der Waals surface area (Å²) in [6, 6.07) is 7.52. The van der Waals surface area contributed by atoms with E-state index in [1.165, 1.54) is 6.92 Å². The van der Waals surface area contributed by atoms with E-state index in [-0.39, 0.29) is 17.5 Å². The summed E-state index contributed by atoms with van der Waals surface area (Å²) in [4.78, 5) is 32.8. The average Bonchev–Trinajstić information content (AvgIpc) is 2.74. The molecule has 2 heterocycles. The molecular formula is C15H13N3O2. The van der Waals surface area contributed by atoms with Gasteiger partial charge < -0.3 is 4.90 Å². The summed E-state index contributed by atoms with van der Waals surface area (Å²) in [6.07, 6.45) is 1.98. The van der Waals surface area contributed by atoms with Crippen molar-refractivity contribution in [3.63, 3.8) is 0 Å². The molecule has 1 aromatic carbocycles. The number of hydrogen-bond acceptors (Lipinski definition) is 4. The highest BCUT2D eigenvalue weighted by Gasteiger charge is 2.24. The Balaban J connectivity index is 2.04. The number of amides is 1. The van der Waals surface area contributed by atoms with Crippen molar-refractivity contribution in [3.8, 4) is 11.3 Å². The van der Waals surface area contributed by atoms with Gasteiger partial charge in [0.25, 0.3) is 0 Å². The van der Waals surface area contributed by atoms with Crippen LogP contribution in [0.1, 0.15) is 23.1 Å². The quantitative estimate of drug-likeness (QED) is 0.779. The Bertz CT molecular complexity index is 725. The van der Waals surface area contributed by atoms with E-state index in [0.717, 1.165) is 16.8 Å². The normalized spacial score (nSPS) is 13.5. The van der Waals surface area contributed by atoms with Crippen molar-refractivity contribution in [3.05, 3.63) is 41.9 Å². The molecule has 5 heteroatoms. The fourth-order valence-corrected chi connectivity index (χ4v) is 2.32. The number of fused-ring (bicyclic) bond motifs is 1. The fraction of sp³-hybridized carbons (Fsp3) is 0.200. The van der Waals surface area contributed by atoms with E-state index in [0.29, 0.717) is 12.1 Å². The van der Waals surface area contributed by atoms with Crippen molar-refractivity contribution < 1.29 is 9.59 Å². The molecule has 1 amide bonds. The molecule has 1 aliphatic heterocycles. The SMILES string of the molecule is CC(=O)c1nccc(-c2ccc3c(c2)CC(=O)N3C)n1. The lowest BCUT2D eigenvalue weighted by atomic mass is 10.1. The molecule has 1 aromatic heterocycles. The average molecular weight is 267 g/mol. The first-order valence-corrected chi connectivity index (χ1v) is 6.30. The summed E-state index contributed by atoms with van der Waals surface area (Å²) < 4.78 is 0. The van der Waals surface area contributed by atoms with E-state index >= 15 is 0 Å². The van der Waals surface area contributed by atoms with E-state index in [2.05, 4.69) is 9.97 Å². The van der Waals surface area contributed by atoms with E-state index in [1.54, 1.807) is 24.2 Å². The number of carbonyl (C=O) groups is 2. The van der Waals surface area contributed by atoms with Crippen molar-refractivity contribution >= 4 is 17.4 Å². The smallest absolute Gasteiger partial charge is 0.231 e. The second-order valence-electron chi connectivity index (χ2n) is 4.79. The fourth-order valence-electron chi connectivity index (χ4n) is 2.32. The highest BCUT2D eigenvalue weighted by Crippen LogP contribution is 2.31. The molecule has 0 saturated heterocycles. The van der Waals surface area contributed by atoms with Crippen LogP contribution in [0.3, 0.4) is 0 Å². The molecule has 1 aliphatic rings. The number of anilines is 1. The van der Waals surface area contributed by atoms with Crippen LogP contribution in [0.25, 0.3) is 11.3 Å². The topological polar surface area (TPSA) is 63.2 Å². The number of rotatable bonds is 2. The van der Waals surface area contributed by atoms with E-state index < -0.39 is 0 Å². The predicted octanol–water partition coefficient (Wildman–Crippen LogP) is 1.87. The van der Waals surface area contributed by atoms with Gasteiger partial charge in [-0.25, -0.2) is 9.97 Å². The number of nitrogens with zero attached hydrogens (tertiary/aromatic N) is 3. The van der Waals surface area contributed by atoms with Crippen LogP contribution in [0.15, 0.2) is 30.5 Å². The number of aromatic nitrogens is 2. The lowest BCUT2D eigenvalue weighted by Crippen LogP contribution is -2.20. The number of ketones is 1. The van der Waals surface area contributed by atoms with Crippen molar-refractivity contribution in [2.75, 3.05) is 11.9 Å².